The lowest BCUT2D eigenvalue weighted by Gasteiger charge is -2.23. The second-order valence-electron chi connectivity index (χ2n) is 5.29. The predicted molar refractivity (Wildman–Crippen MR) is 76.6 cm³/mol. The lowest BCUT2D eigenvalue weighted by molar-refractivity contribution is -0.118. The number of nitrogens with zero attached hydrogens (tertiary/aromatic N) is 2. The molecule has 1 aliphatic carbocycles. The molecule has 0 saturated carbocycles. The SMILES string of the molecule is Cc1n[nH]c(C)c1NC(=O)C1CCCc2cccnc21. The molecule has 1 aliphatic rings. The van der Waals surface area contributed by atoms with Crippen molar-refractivity contribution in [1.82, 2.24) is 15.2 Å². The number of carbonyl (C=O) groups is 1. The van der Waals surface area contributed by atoms with Crippen molar-refractivity contribution in [3.8, 4) is 0 Å². The van der Waals surface area contributed by atoms with Crippen LogP contribution < -0.4 is 5.32 Å². The van der Waals surface area contributed by atoms with Crippen molar-refractivity contribution in [2.24, 2.45) is 0 Å². The third-order valence-corrected chi connectivity index (χ3v) is 3.89. The van der Waals surface area contributed by atoms with Gasteiger partial charge in [-0.25, -0.2) is 0 Å². The molecule has 3 rings (SSSR count). The van der Waals surface area contributed by atoms with Gasteiger partial charge in [-0.15, -0.1) is 0 Å². The third-order valence-electron chi connectivity index (χ3n) is 3.89. The van der Waals surface area contributed by atoms with Gasteiger partial charge in [0, 0.05) is 6.20 Å². The summed E-state index contributed by atoms with van der Waals surface area (Å²) < 4.78 is 0. The summed E-state index contributed by atoms with van der Waals surface area (Å²) in [6.07, 6.45) is 4.65. The zero-order valence-electron chi connectivity index (χ0n) is 11.7. The van der Waals surface area contributed by atoms with Crippen molar-refractivity contribution >= 4 is 11.6 Å². The number of hydrogen-bond acceptors (Lipinski definition) is 3. The average molecular weight is 270 g/mol. The summed E-state index contributed by atoms with van der Waals surface area (Å²) in [5, 5.41) is 9.98. The molecule has 0 saturated heterocycles. The van der Waals surface area contributed by atoms with Gasteiger partial charge in [-0.1, -0.05) is 6.07 Å². The topological polar surface area (TPSA) is 70.7 Å². The molecule has 5 heteroatoms. The van der Waals surface area contributed by atoms with E-state index in [0.29, 0.717) is 0 Å². The van der Waals surface area contributed by atoms with Gasteiger partial charge >= 0.3 is 0 Å². The molecule has 2 N–H and O–H groups in total. The highest BCUT2D eigenvalue weighted by atomic mass is 16.1. The van der Waals surface area contributed by atoms with Gasteiger partial charge in [0.25, 0.3) is 0 Å². The van der Waals surface area contributed by atoms with E-state index < -0.39 is 0 Å². The largest absolute Gasteiger partial charge is 0.322 e. The molecule has 0 aliphatic heterocycles. The van der Waals surface area contributed by atoms with Crippen LogP contribution in [0.3, 0.4) is 0 Å². The lowest BCUT2D eigenvalue weighted by atomic mass is 9.86. The maximum absolute atomic E-state index is 12.5. The van der Waals surface area contributed by atoms with Crippen LogP contribution in [0.2, 0.25) is 0 Å². The van der Waals surface area contributed by atoms with Crippen LogP contribution in [0.15, 0.2) is 18.3 Å². The number of aromatic amines is 1. The van der Waals surface area contributed by atoms with Gasteiger partial charge in [0.2, 0.25) is 5.91 Å². The maximum atomic E-state index is 12.5. The Labute approximate surface area is 117 Å². The van der Waals surface area contributed by atoms with E-state index in [2.05, 4.69) is 26.6 Å². The molecule has 2 aromatic rings. The molecular weight excluding hydrogens is 252 g/mol. The number of nitrogens with one attached hydrogen (secondary N) is 2. The number of fused-ring (bicyclic) bond motifs is 1. The number of hydrogen-bond donors (Lipinski definition) is 2. The molecule has 0 fully saturated rings. The van der Waals surface area contributed by atoms with Crippen LogP contribution >= 0.6 is 0 Å². The Morgan fingerprint density at radius 2 is 2.30 bits per heavy atom. The van der Waals surface area contributed by atoms with Crippen molar-refractivity contribution < 1.29 is 4.79 Å². The van der Waals surface area contributed by atoms with Crippen LogP contribution in [0.1, 0.15) is 41.4 Å². The van der Waals surface area contributed by atoms with Gasteiger partial charge in [-0.05, 0) is 44.7 Å². The molecular formula is C15H18N4O. The lowest BCUT2D eigenvalue weighted by Crippen LogP contribution is -2.26. The molecule has 0 bridgehead atoms. The number of H-pyrrole nitrogens is 1. The third kappa shape index (κ3) is 2.19. The Morgan fingerprint density at radius 1 is 1.45 bits per heavy atom. The highest BCUT2D eigenvalue weighted by Gasteiger charge is 2.28. The first-order valence-corrected chi connectivity index (χ1v) is 6.93. The van der Waals surface area contributed by atoms with Gasteiger partial charge in [-0.2, -0.15) is 5.10 Å². The Hall–Kier alpha value is -2.17. The summed E-state index contributed by atoms with van der Waals surface area (Å²) in [6.45, 7) is 3.79. The standard InChI is InChI=1S/C15H18N4O/c1-9-13(10(2)19-18-9)17-15(20)12-7-3-5-11-6-4-8-16-14(11)12/h4,6,8,12H,3,5,7H2,1-2H3,(H,17,20)(H,18,19). The van der Waals surface area contributed by atoms with Gasteiger partial charge in [0.1, 0.15) is 0 Å². The first-order valence-electron chi connectivity index (χ1n) is 6.93. The van der Waals surface area contributed by atoms with E-state index in [1.165, 1.54) is 5.56 Å². The smallest absolute Gasteiger partial charge is 0.233 e. The number of aryl methyl sites for hydroxylation is 3. The van der Waals surface area contributed by atoms with Crippen LogP contribution in [0, 0.1) is 13.8 Å². The molecule has 104 valence electrons. The molecule has 0 radical (unpaired) electrons. The van der Waals surface area contributed by atoms with Crippen LogP contribution in [-0.2, 0) is 11.2 Å². The number of carbonyl (C=O) groups excluding carboxylic acids is 1. The zero-order chi connectivity index (χ0) is 14.1. The van der Waals surface area contributed by atoms with Crippen molar-refractivity contribution in [3.63, 3.8) is 0 Å². The van der Waals surface area contributed by atoms with Crippen molar-refractivity contribution in [2.75, 3.05) is 5.32 Å². The normalized spacial score (nSPS) is 17.6. The van der Waals surface area contributed by atoms with E-state index in [1.54, 1.807) is 6.20 Å². The van der Waals surface area contributed by atoms with Crippen molar-refractivity contribution in [3.05, 3.63) is 41.0 Å². The van der Waals surface area contributed by atoms with E-state index >= 15 is 0 Å². The minimum Gasteiger partial charge on any atom is -0.322 e. The second kappa shape index (κ2) is 5.07. The summed E-state index contributed by atoms with van der Waals surface area (Å²) in [4.78, 5) is 17.0. The molecule has 1 unspecified atom stereocenters. The molecule has 2 aromatic heterocycles. The minimum absolute atomic E-state index is 0.0113. The fourth-order valence-corrected chi connectivity index (χ4v) is 2.81. The Bertz CT molecular complexity index is 628. The monoisotopic (exact) mass is 270 g/mol. The molecule has 5 nitrogen and oxygen atoms in total. The second-order valence-corrected chi connectivity index (χ2v) is 5.29. The summed E-state index contributed by atoms with van der Waals surface area (Å²) in [5.41, 5.74) is 4.61. The quantitative estimate of drug-likeness (QED) is 0.880. The Morgan fingerprint density at radius 3 is 3.05 bits per heavy atom. The number of amides is 1. The van der Waals surface area contributed by atoms with Crippen molar-refractivity contribution in [2.45, 2.75) is 39.0 Å². The molecule has 0 spiro atoms. The molecule has 1 amide bonds. The van der Waals surface area contributed by atoms with E-state index in [9.17, 15) is 4.79 Å². The number of rotatable bonds is 2. The average Bonchev–Trinajstić information content (AvgIpc) is 2.78. The van der Waals surface area contributed by atoms with E-state index in [1.807, 2.05) is 19.9 Å². The van der Waals surface area contributed by atoms with Gasteiger partial charge < -0.3 is 5.32 Å². The molecule has 20 heavy (non-hydrogen) atoms. The summed E-state index contributed by atoms with van der Waals surface area (Å²) in [7, 11) is 0. The van der Waals surface area contributed by atoms with E-state index in [-0.39, 0.29) is 11.8 Å². The highest BCUT2D eigenvalue weighted by Crippen LogP contribution is 2.31. The van der Waals surface area contributed by atoms with Gasteiger partial charge in [-0.3, -0.25) is 14.9 Å². The first kappa shape index (κ1) is 12.8. The summed E-state index contributed by atoms with van der Waals surface area (Å²) >= 11 is 0. The molecule has 2 heterocycles. The van der Waals surface area contributed by atoms with E-state index in [0.717, 1.165) is 42.0 Å². The van der Waals surface area contributed by atoms with Crippen molar-refractivity contribution in [1.29, 1.82) is 0 Å². The first-order chi connectivity index (χ1) is 9.66. The minimum atomic E-state index is -0.159. The van der Waals surface area contributed by atoms with Crippen LogP contribution in [0.5, 0.6) is 0 Å². The summed E-state index contributed by atoms with van der Waals surface area (Å²) in [5.74, 6) is -0.147. The number of anilines is 1. The fraction of sp³-hybridized carbons (Fsp3) is 0.400. The van der Waals surface area contributed by atoms with Gasteiger partial charge in [0.05, 0.1) is 28.7 Å². The molecule has 0 aromatic carbocycles. The highest BCUT2D eigenvalue weighted by molar-refractivity contribution is 5.96. The van der Waals surface area contributed by atoms with E-state index in [4.69, 9.17) is 0 Å². The van der Waals surface area contributed by atoms with Gasteiger partial charge in [0.15, 0.2) is 0 Å². The summed E-state index contributed by atoms with van der Waals surface area (Å²) in [6, 6.07) is 4.00. The van der Waals surface area contributed by atoms with Crippen LogP contribution in [-0.4, -0.2) is 21.1 Å². The van der Waals surface area contributed by atoms with Crippen LogP contribution in [0.4, 0.5) is 5.69 Å². The number of pyridine rings is 1. The zero-order valence-corrected chi connectivity index (χ0v) is 11.7. The number of aromatic nitrogens is 3. The predicted octanol–water partition coefficient (Wildman–Crippen LogP) is 2.48. The van der Waals surface area contributed by atoms with Crippen LogP contribution in [0.25, 0.3) is 0 Å². The molecule has 1 atom stereocenters. The Balaban J connectivity index is 1.86. The Kier molecular flexibility index (Phi) is 3.26. The fourth-order valence-electron chi connectivity index (χ4n) is 2.81. The maximum Gasteiger partial charge on any atom is 0.233 e.